The van der Waals surface area contributed by atoms with E-state index < -0.39 is 12.0 Å². The van der Waals surface area contributed by atoms with Crippen LogP contribution in [0, 0.1) is 0 Å². The molecule has 0 radical (unpaired) electrons. The van der Waals surface area contributed by atoms with Crippen molar-refractivity contribution in [3.05, 3.63) is 18.2 Å². The van der Waals surface area contributed by atoms with E-state index in [4.69, 9.17) is 0 Å². The van der Waals surface area contributed by atoms with Crippen LogP contribution in [0.15, 0.2) is 12.5 Å². The Morgan fingerprint density at radius 1 is 0.871 bits per heavy atom. The Balaban J connectivity index is 1.89. The predicted octanol–water partition coefficient (Wildman–Crippen LogP) is 6.17. The smallest absolute Gasteiger partial charge is 0.326 e. The van der Waals surface area contributed by atoms with Gasteiger partial charge in [0.25, 0.3) is 0 Å². The highest BCUT2D eigenvalue weighted by atomic mass is 16.4. The van der Waals surface area contributed by atoms with Crippen molar-refractivity contribution in [1.29, 1.82) is 0 Å². The van der Waals surface area contributed by atoms with Gasteiger partial charge in [-0.05, 0) is 6.42 Å². The maximum atomic E-state index is 12.0. The number of imidazole rings is 1. The number of hydrogen-bond donors (Lipinski definition) is 3. The van der Waals surface area contributed by atoms with E-state index in [1.165, 1.54) is 89.8 Å². The van der Waals surface area contributed by atoms with Crippen LogP contribution in [-0.2, 0) is 16.0 Å². The van der Waals surface area contributed by atoms with Crippen LogP contribution in [0.2, 0.25) is 0 Å². The number of carboxylic acid groups (broad SMARTS) is 1. The summed E-state index contributed by atoms with van der Waals surface area (Å²) < 4.78 is 0. The molecule has 0 saturated heterocycles. The second-order valence-electron chi connectivity index (χ2n) is 8.79. The number of nitrogens with one attached hydrogen (secondary N) is 2. The van der Waals surface area contributed by atoms with Gasteiger partial charge in [-0.3, -0.25) is 4.79 Å². The third-order valence-corrected chi connectivity index (χ3v) is 5.87. The van der Waals surface area contributed by atoms with Crippen LogP contribution >= 0.6 is 0 Å². The van der Waals surface area contributed by atoms with Gasteiger partial charge in [-0.1, -0.05) is 103 Å². The van der Waals surface area contributed by atoms with Crippen molar-refractivity contribution >= 4 is 11.9 Å². The van der Waals surface area contributed by atoms with Crippen LogP contribution in [0.25, 0.3) is 0 Å². The van der Waals surface area contributed by atoms with Gasteiger partial charge in [0.05, 0.1) is 6.33 Å². The lowest BCUT2D eigenvalue weighted by Crippen LogP contribution is -2.42. The van der Waals surface area contributed by atoms with E-state index in [1.54, 1.807) is 6.20 Å². The van der Waals surface area contributed by atoms with E-state index >= 15 is 0 Å². The highest BCUT2D eigenvalue weighted by molar-refractivity contribution is 5.83. The Hall–Kier alpha value is -1.85. The monoisotopic (exact) mass is 435 g/mol. The molecule has 1 aromatic rings. The normalized spacial score (nSPS) is 12.0. The van der Waals surface area contributed by atoms with E-state index in [0.29, 0.717) is 12.1 Å². The molecule has 0 saturated carbocycles. The summed E-state index contributed by atoms with van der Waals surface area (Å²) >= 11 is 0. The summed E-state index contributed by atoms with van der Waals surface area (Å²) in [5.74, 6) is -1.20. The fourth-order valence-electron chi connectivity index (χ4n) is 3.92. The first-order chi connectivity index (χ1) is 15.1. The number of unbranched alkanes of at least 4 members (excludes halogenated alkanes) is 15. The van der Waals surface area contributed by atoms with Gasteiger partial charge in [0.15, 0.2) is 0 Å². The topological polar surface area (TPSA) is 95.1 Å². The summed E-state index contributed by atoms with van der Waals surface area (Å²) in [6.45, 7) is 2.27. The average Bonchev–Trinajstić information content (AvgIpc) is 3.26. The molecule has 1 amide bonds. The molecule has 0 aromatic carbocycles. The van der Waals surface area contributed by atoms with Crippen LogP contribution in [0.4, 0.5) is 0 Å². The number of H-pyrrole nitrogens is 1. The number of carboxylic acids is 1. The summed E-state index contributed by atoms with van der Waals surface area (Å²) in [7, 11) is 0. The van der Waals surface area contributed by atoms with Crippen LogP contribution < -0.4 is 5.32 Å². The summed E-state index contributed by atoms with van der Waals surface area (Å²) in [6, 6.07) is -0.908. The Labute approximate surface area is 189 Å². The van der Waals surface area contributed by atoms with Gasteiger partial charge in [-0.2, -0.15) is 0 Å². The number of carbonyl (C=O) groups excluding carboxylic acids is 1. The SMILES string of the molecule is CCCCCCCCCCCCCCCCCCC(=O)NC(Cc1cnc[nH]1)C(=O)O. The molecule has 1 rings (SSSR count). The van der Waals surface area contributed by atoms with E-state index in [0.717, 1.165) is 19.3 Å². The van der Waals surface area contributed by atoms with E-state index in [9.17, 15) is 14.7 Å². The molecule has 0 aliphatic rings. The molecule has 1 atom stereocenters. The fourth-order valence-corrected chi connectivity index (χ4v) is 3.92. The van der Waals surface area contributed by atoms with Gasteiger partial charge in [0, 0.05) is 24.7 Å². The lowest BCUT2D eigenvalue weighted by atomic mass is 10.0. The summed E-state index contributed by atoms with van der Waals surface area (Å²) in [6.07, 6.45) is 24.4. The van der Waals surface area contributed by atoms with Gasteiger partial charge in [-0.15, -0.1) is 0 Å². The van der Waals surface area contributed by atoms with Crippen molar-refractivity contribution in [2.45, 2.75) is 129 Å². The van der Waals surface area contributed by atoms with Crippen LogP contribution in [0.3, 0.4) is 0 Å². The van der Waals surface area contributed by atoms with Gasteiger partial charge < -0.3 is 15.4 Å². The highest BCUT2D eigenvalue weighted by Gasteiger charge is 2.20. The van der Waals surface area contributed by atoms with E-state index in [2.05, 4.69) is 22.2 Å². The van der Waals surface area contributed by atoms with Crippen LogP contribution in [0.5, 0.6) is 0 Å². The van der Waals surface area contributed by atoms with Gasteiger partial charge in [0.1, 0.15) is 6.04 Å². The summed E-state index contributed by atoms with van der Waals surface area (Å²) in [4.78, 5) is 30.1. The largest absolute Gasteiger partial charge is 0.480 e. The second kappa shape index (κ2) is 18.9. The number of aromatic nitrogens is 2. The van der Waals surface area contributed by atoms with Gasteiger partial charge >= 0.3 is 5.97 Å². The molecule has 1 aromatic heterocycles. The number of rotatable bonds is 21. The molecule has 0 spiro atoms. The van der Waals surface area contributed by atoms with E-state index in [-0.39, 0.29) is 12.3 Å². The molecule has 0 fully saturated rings. The maximum absolute atomic E-state index is 12.0. The standard InChI is InChI=1S/C25H45N3O3/c1-2-3-4-5-6-7-8-9-10-11-12-13-14-15-16-17-18-24(29)28-23(25(30)31)19-22-20-26-21-27-22/h20-21,23H,2-19H2,1H3,(H,26,27)(H,28,29)(H,30,31). The first kappa shape index (κ1) is 27.2. The minimum absolute atomic E-state index is 0.183. The Kier molecular flexibility index (Phi) is 16.6. The Morgan fingerprint density at radius 3 is 1.77 bits per heavy atom. The molecular formula is C25H45N3O3. The molecule has 0 bridgehead atoms. The quantitative estimate of drug-likeness (QED) is 0.201. The fraction of sp³-hybridized carbons (Fsp3) is 0.800. The van der Waals surface area contributed by atoms with E-state index in [1.807, 2.05) is 0 Å². The van der Waals surface area contributed by atoms with Crippen molar-refractivity contribution in [3.8, 4) is 0 Å². The molecule has 0 aliphatic carbocycles. The highest BCUT2D eigenvalue weighted by Crippen LogP contribution is 2.14. The lowest BCUT2D eigenvalue weighted by Gasteiger charge is -2.13. The zero-order valence-electron chi connectivity index (χ0n) is 19.7. The Bertz CT molecular complexity index is 560. The van der Waals surface area contributed by atoms with Crippen molar-refractivity contribution in [2.24, 2.45) is 0 Å². The minimum Gasteiger partial charge on any atom is -0.480 e. The maximum Gasteiger partial charge on any atom is 0.326 e. The summed E-state index contributed by atoms with van der Waals surface area (Å²) in [5, 5.41) is 11.9. The molecule has 1 unspecified atom stereocenters. The molecule has 3 N–H and O–H groups in total. The number of aliphatic carboxylic acids is 1. The number of nitrogens with zero attached hydrogens (tertiary/aromatic N) is 1. The van der Waals surface area contributed by atoms with Gasteiger partial charge in [0.2, 0.25) is 5.91 Å². The Morgan fingerprint density at radius 2 is 1.35 bits per heavy atom. The number of aromatic amines is 1. The first-order valence-electron chi connectivity index (χ1n) is 12.6. The zero-order valence-corrected chi connectivity index (χ0v) is 19.7. The molecule has 6 nitrogen and oxygen atoms in total. The van der Waals surface area contributed by atoms with Crippen LogP contribution in [-0.4, -0.2) is 33.0 Å². The number of carbonyl (C=O) groups is 2. The summed E-state index contributed by atoms with van der Waals surface area (Å²) in [5.41, 5.74) is 0.704. The molecule has 6 heteroatoms. The second-order valence-corrected chi connectivity index (χ2v) is 8.79. The van der Waals surface area contributed by atoms with Crippen molar-refractivity contribution in [1.82, 2.24) is 15.3 Å². The van der Waals surface area contributed by atoms with Crippen LogP contribution in [0.1, 0.15) is 122 Å². The zero-order chi connectivity index (χ0) is 22.6. The molecule has 1 heterocycles. The number of amides is 1. The van der Waals surface area contributed by atoms with Gasteiger partial charge in [-0.25, -0.2) is 9.78 Å². The molecule has 31 heavy (non-hydrogen) atoms. The third kappa shape index (κ3) is 15.6. The number of hydrogen-bond acceptors (Lipinski definition) is 3. The predicted molar refractivity (Wildman–Crippen MR) is 126 cm³/mol. The average molecular weight is 436 g/mol. The van der Waals surface area contributed by atoms with Crippen molar-refractivity contribution in [3.63, 3.8) is 0 Å². The first-order valence-corrected chi connectivity index (χ1v) is 12.6. The van der Waals surface area contributed by atoms with Crippen molar-refractivity contribution < 1.29 is 14.7 Å². The minimum atomic E-state index is -1.02. The van der Waals surface area contributed by atoms with Crippen molar-refractivity contribution in [2.75, 3.05) is 0 Å². The molecular weight excluding hydrogens is 390 g/mol. The third-order valence-electron chi connectivity index (χ3n) is 5.87. The molecule has 178 valence electrons. The molecule has 0 aliphatic heterocycles. The lowest BCUT2D eigenvalue weighted by molar-refractivity contribution is -0.141.